The van der Waals surface area contributed by atoms with E-state index < -0.39 is 12.1 Å². The van der Waals surface area contributed by atoms with Crippen molar-refractivity contribution < 1.29 is 19.4 Å². The van der Waals surface area contributed by atoms with Crippen LogP contribution in [-0.4, -0.2) is 42.7 Å². The summed E-state index contributed by atoms with van der Waals surface area (Å²) in [4.78, 5) is 23.1. The zero-order valence-electron chi connectivity index (χ0n) is 9.18. The number of morpholine rings is 1. The number of aromatic carboxylic acids is 1. The number of benzene rings is 1. The molecule has 0 spiro atoms. The summed E-state index contributed by atoms with van der Waals surface area (Å²) >= 11 is 0. The Labute approximate surface area is 98.4 Å². The Kier molecular flexibility index (Phi) is 3.51. The first-order chi connectivity index (χ1) is 8.20. The minimum absolute atomic E-state index is 0.0201. The van der Waals surface area contributed by atoms with Gasteiger partial charge in [-0.25, -0.2) is 4.79 Å². The molecule has 0 saturated carbocycles. The molecule has 1 unspecified atom stereocenters. The fourth-order valence-corrected chi connectivity index (χ4v) is 1.79. The third-order valence-electron chi connectivity index (χ3n) is 2.64. The maximum Gasteiger partial charge on any atom is 0.336 e. The number of hydrogen-bond acceptors (Lipinski definition) is 4. The fourth-order valence-electron chi connectivity index (χ4n) is 1.79. The number of ketones is 1. The van der Waals surface area contributed by atoms with Crippen molar-refractivity contribution in [3.8, 4) is 0 Å². The summed E-state index contributed by atoms with van der Waals surface area (Å²) in [7, 11) is 0. The van der Waals surface area contributed by atoms with Crippen molar-refractivity contribution in [3.63, 3.8) is 0 Å². The van der Waals surface area contributed by atoms with Gasteiger partial charge in [0.2, 0.25) is 0 Å². The first-order valence-corrected chi connectivity index (χ1v) is 5.39. The lowest BCUT2D eigenvalue weighted by atomic mass is 9.99. The van der Waals surface area contributed by atoms with Gasteiger partial charge in [-0.3, -0.25) is 4.79 Å². The van der Waals surface area contributed by atoms with E-state index in [0.717, 1.165) is 0 Å². The summed E-state index contributed by atoms with van der Waals surface area (Å²) in [5.74, 6) is -1.38. The average molecular weight is 235 g/mol. The molecule has 5 heteroatoms. The second-order valence-electron chi connectivity index (χ2n) is 3.78. The van der Waals surface area contributed by atoms with Gasteiger partial charge < -0.3 is 15.2 Å². The van der Waals surface area contributed by atoms with Crippen LogP contribution < -0.4 is 5.32 Å². The van der Waals surface area contributed by atoms with Gasteiger partial charge in [0.15, 0.2) is 5.78 Å². The SMILES string of the molecule is O=C(O)c1ccccc1C(=O)C1CNCCO1. The molecule has 90 valence electrons. The lowest BCUT2D eigenvalue weighted by Crippen LogP contribution is -2.43. The smallest absolute Gasteiger partial charge is 0.336 e. The predicted octanol–water partition coefficient (Wildman–Crippen LogP) is 0.556. The summed E-state index contributed by atoms with van der Waals surface area (Å²) in [6.45, 7) is 1.60. The maximum atomic E-state index is 12.1. The predicted molar refractivity (Wildman–Crippen MR) is 60.3 cm³/mol. The summed E-state index contributed by atoms with van der Waals surface area (Å²) < 4.78 is 5.32. The van der Waals surface area contributed by atoms with Crippen LogP contribution in [0.15, 0.2) is 24.3 Å². The van der Waals surface area contributed by atoms with Crippen LogP contribution in [0, 0.1) is 0 Å². The van der Waals surface area contributed by atoms with Gasteiger partial charge in [-0.05, 0) is 6.07 Å². The van der Waals surface area contributed by atoms with Crippen LogP contribution in [0.25, 0.3) is 0 Å². The van der Waals surface area contributed by atoms with Crippen molar-refractivity contribution in [2.24, 2.45) is 0 Å². The summed E-state index contributed by atoms with van der Waals surface area (Å²) in [5.41, 5.74) is 0.223. The van der Waals surface area contributed by atoms with E-state index in [1.54, 1.807) is 12.1 Å². The van der Waals surface area contributed by atoms with Gasteiger partial charge in [-0.2, -0.15) is 0 Å². The Hall–Kier alpha value is -1.72. The molecule has 1 atom stereocenters. The normalized spacial score (nSPS) is 19.9. The molecule has 0 aromatic heterocycles. The number of carboxylic acid groups (broad SMARTS) is 1. The molecule has 1 aliphatic heterocycles. The summed E-state index contributed by atoms with van der Waals surface area (Å²) in [6.07, 6.45) is -0.593. The molecule has 5 nitrogen and oxygen atoms in total. The molecule has 1 aliphatic rings. The van der Waals surface area contributed by atoms with Crippen LogP contribution >= 0.6 is 0 Å². The molecule has 0 radical (unpaired) electrons. The number of nitrogens with one attached hydrogen (secondary N) is 1. The lowest BCUT2D eigenvalue weighted by molar-refractivity contribution is 0.0267. The van der Waals surface area contributed by atoms with Crippen LogP contribution in [0.3, 0.4) is 0 Å². The topological polar surface area (TPSA) is 75.6 Å². The molecule has 1 fully saturated rings. The van der Waals surface area contributed by atoms with Crippen LogP contribution in [0.5, 0.6) is 0 Å². The number of rotatable bonds is 3. The van der Waals surface area contributed by atoms with Gasteiger partial charge in [0.05, 0.1) is 12.2 Å². The molecule has 1 aromatic carbocycles. The molecule has 0 aliphatic carbocycles. The van der Waals surface area contributed by atoms with E-state index >= 15 is 0 Å². The molecule has 0 bridgehead atoms. The first kappa shape index (κ1) is 11.8. The van der Waals surface area contributed by atoms with E-state index in [1.165, 1.54) is 12.1 Å². The summed E-state index contributed by atoms with van der Waals surface area (Å²) in [6, 6.07) is 6.19. The van der Waals surface area contributed by atoms with Crippen molar-refractivity contribution in [1.29, 1.82) is 0 Å². The maximum absolute atomic E-state index is 12.1. The standard InChI is InChI=1S/C12H13NO4/c14-11(10-7-13-5-6-17-10)8-3-1-2-4-9(8)12(15)16/h1-4,10,13H,5-7H2,(H,15,16). The molecule has 1 heterocycles. The van der Waals surface area contributed by atoms with Gasteiger partial charge in [0.25, 0.3) is 0 Å². The van der Waals surface area contributed by atoms with Gasteiger partial charge in [-0.1, -0.05) is 18.2 Å². The van der Waals surface area contributed by atoms with Crippen molar-refractivity contribution in [1.82, 2.24) is 5.32 Å². The van der Waals surface area contributed by atoms with E-state index in [9.17, 15) is 9.59 Å². The molecular weight excluding hydrogens is 222 g/mol. The van der Waals surface area contributed by atoms with Crippen molar-refractivity contribution in [2.75, 3.05) is 19.7 Å². The molecule has 2 N–H and O–H groups in total. The Bertz CT molecular complexity index is 438. The third kappa shape index (κ3) is 2.51. The highest BCUT2D eigenvalue weighted by molar-refractivity contribution is 6.07. The number of ether oxygens (including phenoxy) is 1. The largest absolute Gasteiger partial charge is 0.478 e. The van der Waals surface area contributed by atoms with E-state index in [-0.39, 0.29) is 16.9 Å². The molecule has 0 amide bonds. The van der Waals surface area contributed by atoms with Crippen molar-refractivity contribution >= 4 is 11.8 Å². The van der Waals surface area contributed by atoms with Gasteiger partial charge in [0.1, 0.15) is 6.10 Å². The number of carbonyl (C=O) groups excluding carboxylic acids is 1. The first-order valence-electron chi connectivity index (χ1n) is 5.39. The Morgan fingerprint density at radius 2 is 2.00 bits per heavy atom. The number of carbonyl (C=O) groups is 2. The van der Waals surface area contributed by atoms with E-state index in [4.69, 9.17) is 9.84 Å². The number of hydrogen-bond donors (Lipinski definition) is 2. The quantitative estimate of drug-likeness (QED) is 0.748. The third-order valence-corrected chi connectivity index (χ3v) is 2.64. The molecular formula is C12H13NO4. The highest BCUT2D eigenvalue weighted by Gasteiger charge is 2.26. The highest BCUT2D eigenvalue weighted by Crippen LogP contribution is 2.13. The Morgan fingerprint density at radius 3 is 2.59 bits per heavy atom. The zero-order chi connectivity index (χ0) is 12.3. The lowest BCUT2D eigenvalue weighted by Gasteiger charge is -2.22. The summed E-state index contributed by atoms with van der Waals surface area (Å²) in [5, 5.41) is 12.0. The monoisotopic (exact) mass is 235 g/mol. The fraction of sp³-hybridized carbons (Fsp3) is 0.333. The molecule has 2 rings (SSSR count). The Balaban J connectivity index is 2.26. The van der Waals surface area contributed by atoms with E-state index in [0.29, 0.717) is 19.7 Å². The number of Topliss-reactive ketones (excluding diaryl/α,β-unsaturated/α-hetero) is 1. The molecule has 1 saturated heterocycles. The van der Waals surface area contributed by atoms with Crippen LogP contribution in [0.4, 0.5) is 0 Å². The van der Waals surface area contributed by atoms with Crippen molar-refractivity contribution in [3.05, 3.63) is 35.4 Å². The van der Waals surface area contributed by atoms with Gasteiger partial charge in [0, 0.05) is 18.7 Å². The molecule has 1 aromatic rings. The molecule has 17 heavy (non-hydrogen) atoms. The minimum atomic E-state index is -1.10. The van der Waals surface area contributed by atoms with Crippen LogP contribution in [0.1, 0.15) is 20.7 Å². The van der Waals surface area contributed by atoms with Crippen LogP contribution in [0.2, 0.25) is 0 Å². The highest BCUT2D eigenvalue weighted by atomic mass is 16.5. The zero-order valence-corrected chi connectivity index (χ0v) is 9.18. The minimum Gasteiger partial charge on any atom is -0.478 e. The van der Waals surface area contributed by atoms with Crippen molar-refractivity contribution in [2.45, 2.75) is 6.10 Å². The number of carboxylic acids is 1. The van der Waals surface area contributed by atoms with Gasteiger partial charge >= 0.3 is 5.97 Å². The van der Waals surface area contributed by atoms with E-state index in [1.807, 2.05) is 0 Å². The second kappa shape index (κ2) is 5.07. The Morgan fingerprint density at radius 1 is 1.29 bits per heavy atom. The van der Waals surface area contributed by atoms with Crippen LogP contribution in [-0.2, 0) is 4.74 Å². The van der Waals surface area contributed by atoms with Gasteiger partial charge in [-0.15, -0.1) is 0 Å². The average Bonchev–Trinajstić information content (AvgIpc) is 2.39. The van der Waals surface area contributed by atoms with E-state index in [2.05, 4.69) is 5.32 Å². The second-order valence-corrected chi connectivity index (χ2v) is 3.78.